The summed E-state index contributed by atoms with van der Waals surface area (Å²) in [6.45, 7) is 11.7. The number of benzene rings is 3. The molecule has 0 fully saturated rings. The molecule has 1 aliphatic heterocycles. The van der Waals surface area contributed by atoms with Gasteiger partial charge in [-0.3, -0.25) is 0 Å². The molecule has 5 heteroatoms. The van der Waals surface area contributed by atoms with Gasteiger partial charge in [0.1, 0.15) is 18.6 Å². The largest absolute Gasteiger partial charge is 0.489 e. The highest BCUT2D eigenvalue weighted by Crippen LogP contribution is 2.39. The molecule has 35 heavy (non-hydrogen) atoms. The van der Waals surface area contributed by atoms with Crippen LogP contribution in [-0.4, -0.2) is 17.2 Å². The maximum atomic E-state index is 11.2. The van der Waals surface area contributed by atoms with Crippen molar-refractivity contribution in [2.24, 2.45) is 0 Å². The first kappa shape index (κ1) is 24.8. The van der Waals surface area contributed by atoms with E-state index in [0.717, 1.165) is 17.7 Å². The molecule has 4 rings (SSSR count). The Balaban J connectivity index is 1.48. The van der Waals surface area contributed by atoms with Gasteiger partial charge in [-0.05, 0) is 69.4 Å². The number of aliphatic hydroxyl groups excluding tert-OH is 1. The van der Waals surface area contributed by atoms with Gasteiger partial charge in [-0.25, -0.2) is 0 Å². The van der Waals surface area contributed by atoms with Crippen LogP contribution < -0.4 is 20.1 Å². The lowest BCUT2D eigenvalue weighted by Crippen LogP contribution is -2.43. The number of ether oxygens (including phenoxy) is 2. The number of aliphatic hydroxyl groups is 1. The molecule has 0 radical (unpaired) electrons. The molecule has 1 aliphatic rings. The zero-order valence-electron chi connectivity index (χ0n) is 21.3. The minimum Gasteiger partial charge on any atom is -0.489 e. The monoisotopic (exact) mass is 472 g/mol. The standard InChI is InChI=1S/C30H36N2O3/c1-20-13-21(2)26(22(3)14-20)17-30(4,5)32-18-28(33)25-15-24(16-27-29(25)34-12-11-31-27)35-19-23-9-7-6-8-10-23/h6-16,28,31-33H,17-19H2,1-5H3. The van der Waals surface area contributed by atoms with Crippen molar-refractivity contribution in [1.82, 2.24) is 5.32 Å². The third-order valence-electron chi connectivity index (χ3n) is 6.42. The van der Waals surface area contributed by atoms with Crippen LogP contribution in [0.5, 0.6) is 11.5 Å². The Hall–Kier alpha value is -3.28. The molecule has 1 heterocycles. The van der Waals surface area contributed by atoms with Crippen LogP contribution in [-0.2, 0) is 13.0 Å². The molecule has 0 bridgehead atoms. The van der Waals surface area contributed by atoms with Crippen molar-refractivity contribution in [2.45, 2.75) is 59.3 Å². The number of hydrogen-bond acceptors (Lipinski definition) is 5. The van der Waals surface area contributed by atoms with E-state index in [1.165, 1.54) is 22.3 Å². The van der Waals surface area contributed by atoms with Gasteiger partial charge in [0.2, 0.25) is 0 Å². The topological polar surface area (TPSA) is 62.8 Å². The summed E-state index contributed by atoms with van der Waals surface area (Å²) in [7, 11) is 0. The minimum absolute atomic E-state index is 0.202. The van der Waals surface area contributed by atoms with E-state index in [-0.39, 0.29) is 5.54 Å². The van der Waals surface area contributed by atoms with Crippen molar-refractivity contribution in [1.29, 1.82) is 0 Å². The van der Waals surface area contributed by atoms with E-state index in [1.807, 2.05) is 42.5 Å². The van der Waals surface area contributed by atoms with Crippen molar-refractivity contribution in [3.05, 3.63) is 100 Å². The normalized spacial score (nSPS) is 13.5. The van der Waals surface area contributed by atoms with Crippen LogP contribution in [0.2, 0.25) is 0 Å². The SMILES string of the molecule is Cc1cc(C)c(CC(C)(C)NCC(O)c2cc(OCc3ccccc3)cc3c2OC=CN3)c(C)c1. The van der Waals surface area contributed by atoms with Crippen LogP contribution in [0.1, 0.15) is 53.3 Å². The zero-order valence-corrected chi connectivity index (χ0v) is 21.3. The number of β-amino-alcohol motifs (C(OH)–C–C–N with tert-alkyl or cyclic N) is 1. The molecule has 5 nitrogen and oxygen atoms in total. The van der Waals surface area contributed by atoms with Gasteiger partial charge >= 0.3 is 0 Å². The average Bonchev–Trinajstić information content (AvgIpc) is 2.83. The molecule has 3 aromatic carbocycles. The highest BCUT2D eigenvalue weighted by Gasteiger charge is 2.25. The van der Waals surface area contributed by atoms with Crippen molar-refractivity contribution < 1.29 is 14.6 Å². The van der Waals surface area contributed by atoms with Crippen molar-refractivity contribution in [3.8, 4) is 11.5 Å². The van der Waals surface area contributed by atoms with E-state index in [4.69, 9.17) is 9.47 Å². The first-order chi connectivity index (χ1) is 16.7. The fraction of sp³-hybridized carbons (Fsp3) is 0.333. The predicted molar refractivity (Wildman–Crippen MR) is 142 cm³/mol. The Morgan fingerprint density at radius 1 is 1.03 bits per heavy atom. The molecule has 0 aliphatic carbocycles. The molecule has 1 atom stereocenters. The van der Waals surface area contributed by atoms with Gasteiger partial charge in [-0.15, -0.1) is 0 Å². The van der Waals surface area contributed by atoms with Gasteiger partial charge in [0.15, 0.2) is 5.75 Å². The third-order valence-corrected chi connectivity index (χ3v) is 6.42. The van der Waals surface area contributed by atoms with Crippen LogP contribution in [0.4, 0.5) is 5.69 Å². The minimum atomic E-state index is -0.767. The Morgan fingerprint density at radius 3 is 2.46 bits per heavy atom. The first-order valence-corrected chi connectivity index (χ1v) is 12.1. The molecular formula is C30H36N2O3. The highest BCUT2D eigenvalue weighted by atomic mass is 16.5. The maximum Gasteiger partial charge on any atom is 0.156 e. The number of nitrogens with one attached hydrogen (secondary N) is 2. The summed E-state index contributed by atoms with van der Waals surface area (Å²) in [5.74, 6) is 1.30. The summed E-state index contributed by atoms with van der Waals surface area (Å²) in [6.07, 6.45) is 3.42. The third kappa shape index (κ3) is 6.24. The van der Waals surface area contributed by atoms with E-state index in [2.05, 4.69) is 57.4 Å². The lowest BCUT2D eigenvalue weighted by molar-refractivity contribution is 0.157. The van der Waals surface area contributed by atoms with Crippen LogP contribution >= 0.6 is 0 Å². The molecule has 0 aromatic heterocycles. The fourth-order valence-electron chi connectivity index (χ4n) is 4.64. The van der Waals surface area contributed by atoms with Gasteiger partial charge in [-0.2, -0.15) is 0 Å². The molecule has 3 aromatic rings. The van der Waals surface area contributed by atoms with Crippen LogP contribution in [0.25, 0.3) is 0 Å². The van der Waals surface area contributed by atoms with E-state index in [0.29, 0.717) is 30.2 Å². The zero-order chi connectivity index (χ0) is 25.0. The fourth-order valence-corrected chi connectivity index (χ4v) is 4.64. The second-order valence-electron chi connectivity index (χ2n) is 10.1. The smallest absolute Gasteiger partial charge is 0.156 e. The number of fused-ring (bicyclic) bond motifs is 1. The van der Waals surface area contributed by atoms with Gasteiger partial charge in [-0.1, -0.05) is 48.0 Å². The first-order valence-electron chi connectivity index (χ1n) is 12.1. The van der Waals surface area contributed by atoms with Crippen molar-refractivity contribution >= 4 is 5.69 Å². The van der Waals surface area contributed by atoms with Crippen LogP contribution in [0.15, 0.2) is 67.1 Å². The summed E-state index contributed by atoms with van der Waals surface area (Å²) in [6, 6.07) is 18.3. The number of rotatable bonds is 9. The number of hydrogen-bond donors (Lipinski definition) is 3. The summed E-state index contributed by atoms with van der Waals surface area (Å²) in [5.41, 5.74) is 7.60. The maximum absolute atomic E-state index is 11.2. The molecule has 0 saturated heterocycles. The molecular weight excluding hydrogens is 436 g/mol. The number of aryl methyl sites for hydroxylation is 3. The summed E-state index contributed by atoms with van der Waals surface area (Å²) in [5, 5.41) is 18.0. The quantitative estimate of drug-likeness (QED) is 0.351. The van der Waals surface area contributed by atoms with E-state index in [1.54, 1.807) is 12.5 Å². The molecule has 0 amide bonds. The molecule has 0 saturated carbocycles. The van der Waals surface area contributed by atoms with E-state index < -0.39 is 6.10 Å². The van der Waals surface area contributed by atoms with Crippen molar-refractivity contribution in [2.75, 3.05) is 11.9 Å². The van der Waals surface area contributed by atoms with Crippen LogP contribution in [0.3, 0.4) is 0 Å². The molecule has 3 N–H and O–H groups in total. The lowest BCUT2D eigenvalue weighted by Gasteiger charge is -2.30. The molecule has 184 valence electrons. The van der Waals surface area contributed by atoms with Crippen LogP contribution in [0, 0.1) is 20.8 Å². The Morgan fingerprint density at radius 2 is 1.74 bits per heavy atom. The summed E-state index contributed by atoms with van der Waals surface area (Å²) >= 11 is 0. The average molecular weight is 473 g/mol. The predicted octanol–water partition coefficient (Wildman–Crippen LogP) is 6.11. The molecule has 1 unspecified atom stereocenters. The Labute approximate surface area is 208 Å². The van der Waals surface area contributed by atoms with Crippen molar-refractivity contribution in [3.63, 3.8) is 0 Å². The summed E-state index contributed by atoms with van der Waals surface area (Å²) in [4.78, 5) is 0. The van der Waals surface area contributed by atoms with Gasteiger partial charge in [0.05, 0.1) is 11.8 Å². The second kappa shape index (κ2) is 10.5. The van der Waals surface area contributed by atoms with E-state index >= 15 is 0 Å². The Kier molecular flexibility index (Phi) is 7.48. The van der Waals surface area contributed by atoms with Gasteiger partial charge < -0.3 is 25.2 Å². The highest BCUT2D eigenvalue weighted by molar-refractivity contribution is 5.66. The van der Waals surface area contributed by atoms with E-state index in [9.17, 15) is 5.11 Å². The summed E-state index contributed by atoms with van der Waals surface area (Å²) < 4.78 is 11.8. The van der Waals surface area contributed by atoms with Gasteiger partial charge in [0.25, 0.3) is 0 Å². The van der Waals surface area contributed by atoms with Gasteiger partial charge in [0, 0.05) is 29.9 Å². The second-order valence-corrected chi connectivity index (χ2v) is 10.1. The molecule has 0 spiro atoms. The Bertz CT molecular complexity index is 1180. The lowest BCUT2D eigenvalue weighted by atomic mass is 9.88. The number of anilines is 1.